The lowest BCUT2D eigenvalue weighted by atomic mass is 10.2. The lowest BCUT2D eigenvalue weighted by Gasteiger charge is -2.11. The standard InChI is InChI=1S/C21H17Cl2N7OS/c1-2-4-14-10-18(30-20(26-14)24-12-25-30)32-21-28-27-19(16-7-6-13(22)9-17(16)23)29(21)11-15-5-3-8-31-15/h3,5-10,12H,2,4,11H2,1H3. The van der Waals surface area contributed by atoms with E-state index >= 15 is 0 Å². The minimum absolute atomic E-state index is 0.435. The molecule has 11 heteroatoms. The Hall–Kier alpha value is -2.88. The number of aromatic nitrogens is 7. The second-order valence-electron chi connectivity index (χ2n) is 7.01. The summed E-state index contributed by atoms with van der Waals surface area (Å²) < 4.78 is 9.24. The van der Waals surface area contributed by atoms with E-state index in [2.05, 4.69) is 32.2 Å². The molecule has 0 bridgehead atoms. The van der Waals surface area contributed by atoms with Crippen LogP contribution in [0, 0.1) is 0 Å². The highest BCUT2D eigenvalue weighted by Gasteiger charge is 2.20. The zero-order valence-corrected chi connectivity index (χ0v) is 19.3. The molecule has 0 radical (unpaired) electrons. The topological polar surface area (TPSA) is 86.9 Å². The molecular weight excluding hydrogens is 469 g/mol. The number of aryl methyl sites for hydroxylation is 1. The van der Waals surface area contributed by atoms with Crippen LogP contribution in [0.2, 0.25) is 10.0 Å². The van der Waals surface area contributed by atoms with Gasteiger partial charge in [0.15, 0.2) is 11.0 Å². The van der Waals surface area contributed by atoms with Crippen LogP contribution in [0.5, 0.6) is 0 Å². The van der Waals surface area contributed by atoms with Crippen LogP contribution in [0.1, 0.15) is 24.8 Å². The monoisotopic (exact) mass is 485 g/mol. The molecule has 0 unspecified atom stereocenters. The van der Waals surface area contributed by atoms with Crippen molar-refractivity contribution in [2.24, 2.45) is 0 Å². The van der Waals surface area contributed by atoms with E-state index in [9.17, 15) is 0 Å². The molecule has 0 aliphatic rings. The SMILES string of the molecule is CCCc1cc(Sc2nnc(-c3ccc(Cl)cc3Cl)n2Cc2ccco2)n2ncnc2n1. The lowest BCUT2D eigenvalue weighted by molar-refractivity contribution is 0.485. The Morgan fingerprint density at radius 2 is 2.03 bits per heavy atom. The van der Waals surface area contributed by atoms with Gasteiger partial charge in [-0.05, 0) is 54.6 Å². The summed E-state index contributed by atoms with van der Waals surface area (Å²) >= 11 is 14.0. The van der Waals surface area contributed by atoms with Crippen molar-refractivity contribution in [2.75, 3.05) is 0 Å². The van der Waals surface area contributed by atoms with Gasteiger partial charge in [0.25, 0.3) is 5.78 Å². The van der Waals surface area contributed by atoms with E-state index < -0.39 is 0 Å². The summed E-state index contributed by atoms with van der Waals surface area (Å²) in [6, 6.07) is 11.1. The summed E-state index contributed by atoms with van der Waals surface area (Å²) in [7, 11) is 0. The molecule has 0 aliphatic carbocycles. The first-order valence-corrected chi connectivity index (χ1v) is 11.5. The van der Waals surface area contributed by atoms with E-state index in [1.165, 1.54) is 18.1 Å². The maximum atomic E-state index is 6.48. The molecule has 4 heterocycles. The maximum Gasteiger partial charge on any atom is 0.253 e. The van der Waals surface area contributed by atoms with Crippen LogP contribution >= 0.6 is 35.0 Å². The molecule has 1 aromatic carbocycles. The first kappa shape index (κ1) is 21.0. The van der Waals surface area contributed by atoms with Crippen LogP contribution in [0.15, 0.2) is 63.6 Å². The molecule has 8 nitrogen and oxygen atoms in total. The highest BCUT2D eigenvalue weighted by Crippen LogP contribution is 2.34. The number of benzene rings is 1. The Kier molecular flexibility index (Phi) is 5.86. The molecule has 0 aliphatic heterocycles. The van der Waals surface area contributed by atoms with Gasteiger partial charge < -0.3 is 4.42 Å². The molecule has 0 fully saturated rings. The van der Waals surface area contributed by atoms with Gasteiger partial charge in [0.2, 0.25) is 0 Å². The number of furan rings is 1. The van der Waals surface area contributed by atoms with Crippen molar-refractivity contribution in [1.82, 2.24) is 34.3 Å². The zero-order valence-electron chi connectivity index (χ0n) is 16.9. The van der Waals surface area contributed by atoms with Gasteiger partial charge in [0.05, 0.1) is 17.8 Å². The van der Waals surface area contributed by atoms with Crippen LogP contribution in [-0.2, 0) is 13.0 Å². The van der Waals surface area contributed by atoms with Gasteiger partial charge in [-0.25, -0.2) is 4.98 Å². The molecule has 5 rings (SSSR count). The summed E-state index contributed by atoms with van der Waals surface area (Å²) in [4.78, 5) is 8.83. The second kappa shape index (κ2) is 8.93. The van der Waals surface area contributed by atoms with Gasteiger partial charge in [-0.1, -0.05) is 36.5 Å². The molecule has 5 aromatic rings. The molecule has 4 aromatic heterocycles. The van der Waals surface area contributed by atoms with E-state index in [1.54, 1.807) is 22.9 Å². The van der Waals surface area contributed by atoms with Crippen LogP contribution in [0.4, 0.5) is 0 Å². The van der Waals surface area contributed by atoms with E-state index in [4.69, 9.17) is 27.6 Å². The maximum absolute atomic E-state index is 6.48. The Morgan fingerprint density at radius 3 is 2.81 bits per heavy atom. The largest absolute Gasteiger partial charge is 0.467 e. The van der Waals surface area contributed by atoms with Crippen molar-refractivity contribution in [3.63, 3.8) is 0 Å². The molecule has 0 spiro atoms. The van der Waals surface area contributed by atoms with Crippen molar-refractivity contribution in [2.45, 2.75) is 36.5 Å². The van der Waals surface area contributed by atoms with E-state index in [0.29, 0.717) is 33.3 Å². The zero-order chi connectivity index (χ0) is 22.1. The predicted molar refractivity (Wildman–Crippen MR) is 122 cm³/mol. The summed E-state index contributed by atoms with van der Waals surface area (Å²) in [6.07, 6.45) is 4.96. The first-order chi connectivity index (χ1) is 15.6. The van der Waals surface area contributed by atoms with Crippen molar-refractivity contribution in [3.05, 3.63) is 70.5 Å². The van der Waals surface area contributed by atoms with Crippen LogP contribution in [0.25, 0.3) is 17.2 Å². The van der Waals surface area contributed by atoms with Crippen LogP contribution < -0.4 is 0 Å². The second-order valence-corrected chi connectivity index (χ2v) is 8.84. The predicted octanol–water partition coefficient (Wildman–Crippen LogP) is 5.43. The summed E-state index contributed by atoms with van der Waals surface area (Å²) in [5.41, 5.74) is 1.68. The first-order valence-electron chi connectivity index (χ1n) is 9.91. The van der Waals surface area contributed by atoms with Gasteiger partial charge in [0, 0.05) is 16.3 Å². The summed E-state index contributed by atoms with van der Waals surface area (Å²) in [5, 5.41) is 15.8. The van der Waals surface area contributed by atoms with Gasteiger partial charge >= 0.3 is 0 Å². The van der Waals surface area contributed by atoms with Gasteiger partial charge in [0.1, 0.15) is 17.1 Å². The van der Waals surface area contributed by atoms with Crippen molar-refractivity contribution >= 4 is 40.7 Å². The van der Waals surface area contributed by atoms with Gasteiger partial charge in [-0.15, -0.1) is 10.2 Å². The van der Waals surface area contributed by atoms with Crippen LogP contribution in [0.3, 0.4) is 0 Å². The van der Waals surface area contributed by atoms with Crippen molar-refractivity contribution in [3.8, 4) is 11.4 Å². The Bertz CT molecular complexity index is 1380. The number of nitrogens with zero attached hydrogens (tertiary/aromatic N) is 7. The fraction of sp³-hybridized carbons (Fsp3) is 0.190. The summed E-state index contributed by atoms with van der Waals surface area (Å²) in [5.74, 6) is 1.94. The van der Waals surface area contributed by atoms with E-state index in [0.717, 1.165) is 34.9 Å². The molecule has 0 saturated carbocycles. The fourth-order valence-corrected chi connectivity index (χ4v) is 4.75. The number of hydrogen-bond donors (Lipinski definition) is 0. The molecule has 0 atom stereocenters. The Labute approximate surface area is 197 Å². The van der Waals surface area contributed by atoms with Gasteiger partial charge in [-0.3, -0.25) is 4.57 Å². The fourth-order valence-electron chi connectivity index (χ4n) is 3.32. The number of rotatable bonds is 7. The normalized spacial score (nSPS) is 11.5. The van der Waals surface area contributed by atoms with E-state index in [-0.39, 0.29) is 0 Å². The van der Waals surface area contributed by atoms with Crippen LogP contribution in [-0.4, -0.2) is 34.3 Å². The van der Waals surface area contributed by atoms with Crippen molar-refractivity contribution in [1.29, 1.82) is 0 Å². The molecule has 0 saturated heterocycles. The highest BCUT2D eigenvalue weighted by atomic mass is 35.5. The van der Waals surface area contributed by atoms with Crippen molar-refractivity contribution < 1.29 is 4.42 Å². The quantitative estimate of drug-likeness (QED) is 0.283. The molecule has 32 heavy (non-hydrogen) atoms. The number of hydrogen-bond acceptors (Lipinski definition) is 7. The molecule has 162 valence electrons. The molecule has 0 N–H and O–H groups in total. The molecule has 0 amide bonds. The lowest BCUT2D eigenvalue weighted by Crippen LogP contribution is -2.05. The average molecular weight is 486 g/mol. The number of halogens is 2. The van der Waals surface area contributed by atoms with E-state index in [1.807, 2.05) is 28.8 Å². The third kappa shape index (κ3) is 4.11. The third-order valence-electron chi connectivity index (χ3n) is 4.76. The minimum Gasteiger partial charge on any atom is -0.467 e. The van der Waals surface area contributed by atoms with Gasteiger partial charge in [-0.2, -0.15) is 14.6 Å². The minimum atomic E-state index is 0.435. The summed E-state index contributed by atoms with van der Waals surface area (Å²) in [6.45, 7) is 2.55. The number of fused-ring (bicyclic) bond motifs is 1. The highest BCUT2D eigenvalue weighted by molar-refractivity contribution is 7.99. The third-order valence-corrected chi connectivity index (χ3v) is 6.29. The molecular formula is C21H17Cl2N7OS. The Morgan fingerprint density at radius 1 is 1.12 bits per heavy atom. The Balaban J connectivity index is 1.61. The average Bonchev–Trinajstić information content (AvgIpc) is 3.51. The smallest absolute Gasteiger partial charge is 0.253 e.